The van der Waals surface area contributed by atoms with E-state index in [2.05, 4.69) is 10.6 Å². The predicted molar refractivity (Wildman–Crippen MR) is 221 cm³/mol. The number of ether oxygens (including phenoxy) is 11. The maximum Gasteiger partial charge on any atom is 0.217 e. The lowest BCUT2D eigenvalue weighted by molar-refractivity contribution is -0.402. The fourth-order valence-electron chi connectivity index (χ4n) is 9.24. The molecule has 418 valence electrons. The number of aliphatic hydroxyl groups is 17. The number of carbonyl (C=O) groups excluding carboxylic acids is 2. The van der Waals surface area contributed by atoms with E-state index >= 15 is 0 Å². The molecule has 0 aliphatic carbocycles. The van der Waals surface area contributed by atoms with Gasteiger partial charge in [-0.3, -0.25) is 9.59 Å². The molecule has 6 saturated heterocycles. The van der Waals surface area contributed by atoms with Crippen LogP contribution in [0.2, 0.25) is 0 Å². The summed E-state index contributed by atoms with van der Waals surface area (Å²) >= 11 is 0. The number of rotatable bonds is 17. The van der Waals surface area contributed by atoms with Crippen molar-refractivity contribution in [2.45, 2.75) is 205 Å². The monoisotopic (exact) mass is 1060 g/mol. The zero-order valence-electron chi connectivity index (χ0n) is 38.8. The van der Waals surface area contributed by atoms with Crippen LogP contribution in [0.4, 0.5) is 0 Å². The standard InChI is InChI=1S/C40H68N2O30/c1-9-19(50)25(56)28(59)38(62-9)72-34-33(71-36-17(41-10(2)48)23(54)20(51)12(4-43)64-36)22(53)14(6-45)66-40(34)69-30-16(8-47)67-37(18(24(30)55)42-11(3)49)70-32-21(52)13(5-44)65-39(29(32)60)68-31-15(7-46)63-35(61)27(58)26(31)57/h9,12-40,43-47,50-61H,4-8H2,1-3H3,(H,41,48)(H,42,49)/t9-,12-,13-,14-,15-,16-,17-,18-,19+,20+,21+,22+,23-,24-,25+,26-,27-,28-,29-,30-,31-,32+,33+,34-,35?,36-,37+,38-,39+,40+/m1/s1. The van der Waals surface area contributed by atoms with Crippen LogP contribution in [0, 0.1) is 0 Å². The average molecular weight is 1060 g/mol. The fourth-order valence-corrected chi connectivity index (χ4v) is 9.24. The first-order valence-electron chi connectivity index (χ1n) is 23.0. The molecular weight excluding hydrogens is 988 g/mol. The first-order valence-corrected chi connectivity index (χ1v) is 23.0. The fraction of sp³-hybridized carbons (Fsp3) is 0.950. The Kier molecular flexibility index (Phi) is 20.8. The summed E-state index contributed by atoms with van der Waals surface area (Å²) in [4.78, 5) is 25.0. The first kappa shape index (κ1) is 59.1. The molecule has 30 atom stereocenters. The van der Waals surface area contributed by atoms with Gasteiger partial charge >= 0.3 is 0 Å². The van der Waals surface area contributed by atoms with Crippen molar-refractivity contribution in [1.82, 2.24) is 10.6 Å². The van der Waals surface area contributed by atoms with Crippen molar-refractivity contribution in [3.8, 4) is 0 Å². The SMILES string of the molecule is CC(=O)N[C@H]1[C@H](O[C@H]2[C@@H](O)[C@@H](CO)O[C@@H](O[C@H]3[C@H](O)[C@@H](O)C(O)O[C@@H]3CO)[C@@H]2O)O[C@H](CO)[C@@H](O[C@@H]2O[C@H](CO)[C@H](O)[C@H](O[C@H]3O[C@H](CO)[C@H](O)[C@H](O)[C@H]3NC(C)=O)[C@H]2O[C@H]2O[C@H](C)[C@H](O)[C@H](O)[C@H]2O)[C@@H]1O. The molecule has 19 N–H and O–H groups in total. The third kappa shape index (κ3) is 12.5. The molecule has 6 heterocycles. The number of amides is 2. The van der Waals surface area contributed by atoms with E-state index in [9.17, 15) is 96.4 Å². The minimum Gasteiger partial charge on any atom is -0.394 e. The summed E-state index contributed by atoms with van der Waals surface area (Å²) < 4.78 is 63.8. The molecule has 6 aliphatic heterocycles. The largest absolute Gasteiger partial charge is 0.394 e. The highest BCUT2D eigenvalue weighted by Gasteiger charge is 2.59. The van der Waals surface area contributed by atoms with E-state index < -0.39 is 229 Å². The molecule has 0 bridgehead atoms. The Morgan fingerprint density at radius 1 is 0.361 bits per heavy atom. The third-order valence-corrected chi connectivity index (χ3v) is 13.2. The van der Waals surface area contributed by atoms with Gasteiger partial charge in [0.05, 0.1) is 39.1 Å². The Bertz CT molecular complexity index is 1730. The van der Waals surface area contributed by atoms with Crippen molar-refractivity contribution in [3.05, 3.63) is 0 Å². The molecule has 0 aromatic carbocycles. The van der Waals surface area contributed by atoms with Gasteiger partial charge in [-0.25, -0.2) is 0 Å². The summed E-state index contributed by atoms with van der Waals surface area (Å²) in [7, 11) is 0. The minimum atomic E-state index is -2.15. The maximum atomic E-state index is 12.7. The van der Waals surface area contributed by atoms with Crippen LogP contribution in [-0.2, 0) is 61.7 Å². The normalized spacial score (nSPS) is 50.3. The smallest absolute Gasteiger partial charge is 0.217 e. The molecular formula is C40H68N2O30. The first-order chi connectivity index (χ1) is 34.0. The van der Waals surface area contributed by atoms with Crippen LogP contribution in [0.3, 0.4) is 0 Å². The topological polar surface area (TPSA) is 504 Å². The average Bonchev–Trinajstić information content (AvgIpc) is 3.34. The predicted octanol–water partition coefficient (Wildman–Crippen LogP) is -12.8. The van der Waals surface area contributed by atoms with E-state index in [-0.39, 0.29) is 0 Å². The van der Waals surface area contributed by atoms with Crippen molar-refractivity contribution >= 4 is 11.8 Å². The molecule has 2 amide bonds. The van der Waals surface area contributed by atoms with Gasteiger partial charge in [0, 0.05) is 13.8 Å². The van der Waals surface area contributed by atoms with Crippen molar-refractivity contribution < 1.29 is 149 Å². The van der Waals surface area contributed by atoms with E-state index in [1.54, 1.807) is 0 Å². The Morgan fingerprint density at radius 2 is 0.764 bits per heavy atom. The summed E-state index contributed by atoms with van der Waals surface area (Å²) in [6.45, 7) is -1.61. The molecule has 72 heavy (non-hydrogen) atoms. The van der Waals surface area contributed by atoms with Gasteiger partial charge in [-0.1, -0.05) is 0 Å². The Labute approximate surface area is 408 Å². The van der Waals surface area contributed by atoms with Gasteiger partial charge < -0.3 is 150 Å². The molecule has 32 nitrogen and oxygen atoms in total. The van der Waals surface area contributed by atoms with Crippen LogP contribution in [0.5, 0.6) is 0 Å². The second-order valence-electron chi connectivity index (χ2n) is 18.2. The van der Waals surface area contributed by atoms with E-state index in [4.69, 9.17) is 52.1 Å². The third-order valence-electron chi connectivity index (χ3n) is 13.2. The summed E-state index contributed by atoms with van der Waals surface area (Å²) in [5, 5.41) is 187. The molecule has 0 saturated carbocycles. The summed E-state index contributed by atoms with van der Waals surface area (Å²) in [6.07, 6.45) is -52.8. The van der Waals surface area contributed by atoms with Crippen molar-refractivity contribution in [2.24, 2.45) is 0 Å². The lowest BCUT2D eigenvalue weighted by atomic mass is 9.93. The molecule has 32 heteroatoms. The van der Waals surface area contributed by atoms with Crippen molar-refractivity contribution in [3.63, 3.8) is 0 Å². The second kappa shape index (κ2) is 25.3. The van der Waals surface area contributed by atoms with Crippen LogP contribution in [0.25, 0.3) is 0 Å². The number of aliphatic hydroxyl groups excluding tert-OH is 17. The van der Waals surface area contributed by atoms with Crippen LogP contribution in [0.15, 0.2) is 0 Å². The van der Waals surface area contributed by atoms with E-state index in [1.807, 2.05) is 0 Å². The Balaban J connectivity index is 1.32. The number of nitrogens with one attached hydrogen (secondary N) is 2. The highest BCUT2D eigenvalue weighted by atomic mass is 16.8. The number of hydrogen-bond acceptors (Lipinski definition) is 30. The molecule has 6 aliphatic rings. The second-order valence-corrected chi connectivity index (χ2v) is 18.2. The zero-order valence-corrected chi connectivity index (χ0v) is 38.8. The Hall–Kier alpha value is -2.18. The highest BCUT2D eigenvalue weighted by Crippen LogP contribution is 2.38. The molecule has 0 aromatic heterocycles. The maximum absolute atomic E-state index is 12.7. The van der Waals surface area contributed by atoms with E-state index in [0.717, 1.165) is 13.8 Å². The van der Waals surface area contributed by atoms with Crippen LogP contribution >= 0.6 is 0 Å². The van der Waals surface area contributed by atoms with Gasteiger partial charge in [0.25, 0.3) is 0 Å². The lowest BCUT2D eigenvalue weighted by Crippen LogP contribution is -2.71. The van der Waals surface area contributed by atoms with Gasteiger partial charge in [-0.2, -0.15) is 0 Å². The molecule has 6 fully saturated rings. The summed E-state index contributed by atoms with van der Waals surface area (Å²) in [6, 6.07) is -3.49. The number of hydrogen-bond donors (Lipinski definition) is 19. The zero-order chi connectivity index (χ0) is 53.2. The van der Waals surface area contributed by atoms with Gasteiger partial charge in [0.15, 0.2) is 37.7 Å². The van der Waals surface area contributed by atoms with Gasteiger partial charge in [0.1, 0.15) is 140 Å². The highest BCUT2D eigenvalue weighted by molar-refractivity contribution is 5.73. The van der Waals surface area contributed by atoms with Gasteiger partial charge in [0.2, 0.25) is 11.8 Å². The van der Waals surface area contributed by atoms with Gasteiger partial charge in [-0.05, 0) is 6.92 Å². The Morgan fingerprint density at radius 3 is 1.32 bits per heavy atom. The van der Waals surface area contributed by atoms with Crippen LogP contribution in [0.1, 0.15) is 20.8 Å². The van der Waals surface area contributed by atoms with Gasteiger partial charge in [-0.15, -0.1) is 0 Å². The molecule has 0 radical (unpaired) electrons. The van der Waals surface area contributed by atoms with Crippen molar-refractivity contribution in [2.75, 3.05) is 33.0 Å². The van der Waals surface area contributed by atoms with E-state index in [0.29, 0.717) is 0 Å². The minimum absolute atomic E-state index is 0.784. The number of carbonyl (C=O) groups is 2. The summed E-state index contributed by atoms with van der Waals surface area (Å²) in [5.41, 5.74) is 0. The van der Waals surface area contributed by atoms with Crippen LogP contribution in [-0.4, -0.2) is 316 Å². The molecule has 0 aromatic rings. The lowest BCUT2D eigenvalue weighted by Gasteiger charge is -2.51. The van der Waals surface area contributed by atoms with Crippen LogP contribution < -0.4 is 10.6 Å². The molecule has 1 unspecified atom stereocenters. The van der Waals surface area contributed by atoms with Crippen molar-refractivity contribution in [1.29, 1.82) is 0 Å². The van der Waals surface area contributed by atoms with E-state index in [1.165, 1.54) is 6.92 Å². The molecule has 0 spiro atoms. The summed E-state index contributed by atoms with van der Waals surface area (Å²) in [5.74, 6) is -1.66. The quantitative estimate of drug-likeness (QED) is 0.0643. The molecule has 6 rings (SSSR count).